The van der Waals surface area contributed by atoms with Crippen molar-refractivity contribution in [3.63, 3.8) is 0 Å². The molecule has 9 heteroatoms. The van der Waals surface area contributed by atoms with Crippen molar-refractivity contribution in [3.8, 4) is 11.5 Å². The second-order valence-electron chi connectivity index (χ2n) is 7.04. The number of ether oxygens (including phenoxy) is 2. The van der Waals surface area contributed by atoms with Gasteiger partial charge in [-0.3, -0.25) is 4.90 Å². The van der Waals surface area contributed by atoms with Crippen LogP contribution in [0.5, 0.6) is 11.5 Å². The lowest BCUT2D eigenvalue weighted by Crippen LogP contribution is -2.48. The highest BCUT2D eigenvalue weighted by atomic mass is 35.5. The highest BCUT2D eigenvalue weighted by molar-refractivity contribution is 7.89. The Bertz CT molecular complexity index is 974. The van der Waals surface area contributed by atoms with E-state index < -0.39 is 10.0 Å². The quantitative estimate of drug-likeness (QED) is 0.731. The standard InChI is InChI=1S/C20H22ClFN2O4S/c21-17-3-1-4-18(22)16(17)14-23-7-9-24(10-8-23)29(25,26)15-5-6-19-20(13-15)28-12-2-11-27-19/h1,3-6,13H,2,7-12,14H2. The Labute approximate surface area is 174 Å². The molecular weight excluding hydrogens is 419 g/mol. The minimum absolute atomic E-state index is 0.187. The summed E-state index contributed by atoms with van der Waals surface area (Å²) in [6, 6.07) is 9.33. The molecule has 2 aliphatic heterocycles. The van der Waals surface area contributed by atoms with Gasteiger partial charge in [-0.15, -0.1) is 0 Å². The summed E-state index contributed by atoms with van der Waals surface area (Å²) in [5, 5.41) is 0.382. The molecule has 2 aliphatic rings. The third kappa shape index (κ3) is 4.35. The van der Waals surface area contributed by atoms with Crippen LogP contribution in [-0.2, 0) is 16.6 Å². The fourth-order valence-electron chi connectivity index (χ4n) is 3.49. The number of piperazine rings is 1. The van der Waals surface area contributed by atoms with Gasteiger partial charge >= 0.3 is 0 Å². The molecule has 0 atom stereocenters. The fourth-order valence-corrected chi connectivity index (χ4v) is 5.15. The summed E-state index contributed by atoms with van der Waals surface area (Å²) in [5.74, 6) is 0.671. The second-order valence-corrected chi connectivity index (χ2v) is 9.38. The first-order chi connectivity index (χ1) is 13.9. The molecule has 0 N–H and O–H groups in total. The van der Waals surface area contributed by atoms with Crippen molar-refractivity contribution in [2.75, 3.05) is 39.4 Å². The maximum absolute atomic E-state index is 14.0. The Hall–Kier alpha value is -1.87. The highest BCUT2D eigenvalue weighted by Crippen LogP contribution is 2.33. The van der Waals surface area contributed by atoms with E-state index in [2.05, 4.69) is 0 Å². The number of sulfonamides is 1. The molecule has 0 spiro atoms. The zero-order chi connectivity index (χ0) is 20.4. The molecular formula is C20H22ClFN2O4S. The van der Waals surface area contributed by atoms with Gasteiger partial charge in [0.05, 0.1) is 18.1 Å². The molecule has 2 heterocycles. The first kappa shape index (κ1) is 20.4. The van der Waals surface area contributed by atoms with Crippen molar-refractivity contribution in [2.45, 2.75) is 17.9 Å². The molecule has 0 amide bonds. The first-order valence-corrected chi connectivity index (χ1v) is 11.3. The lowest BCUT2D eigenvalue weighted by molar-refractivity contribution is 0.180. The molecule has 0 bridgehead atoms. The third-order valence-corrected chi connectivity index (χ3v) is 7.38. The van der Waals surface area contributed by atoms with E-state index in [1.807, 2.05) is 4.90 Å². The van der Waals surface area contributed by atoms with Gasteiger partial charge in [-0.05, 0) is 24.3 Å². The van der Waals surface area contributed by atoms with Gasteiger partial charge in [0, 0.05) is 55.8 Å². The van der Waals surface area contributed by atoms with E-state index in [1.54, 1.807) is 24.3 Å². The van der Waals surface area contributed by atoms with Gasteiger partial charge in [0.2, 0.25) is 10.0 Å². The Morgan fingerprint density at radius 2 is 1.72 bits per heavy atom. The molecule has 156 valence electrons. The number of hydrogen-bond donors (Lipinski definition) is 0. The molecule has 6 nitrogen and oxygen atoms in total. The first-order valence-electron chi connectivity index (χ1n) is 9.50. The summed E-state index contributed by atoms with van der Waals surface area (Å²) in [5.41, 5.74) is 0.438. The molecule has 4 rings (SSSR count). The molecule has 2 aromatic rings. The highest BCUT2D eigenvalue weighted by Gasteiger charge is 2.30. The largest absolute Gasteiger partial charge is 0.490 e. The van der Waals surface area contributed by atoms with Crippen LogP contribution in [-0.4, -0.2) is 57.0 Å². The monoisotopic (exact) mass is 440 g/mol. The van der Waals surface area contributed by atoms with Crippen molar-refractivity contribution >= 4 is 21.6 Å². The second kappa shape index (κ2) is 8.47. The third-order valence-electron chi connectivity index (χ3n) is 5.13. The summed E-state index contributed by atoms with van der Waals surface area (Å²) in [4.78, 5) is 2.19. The van der Waals surface area contributed by atoms with Crippen LogP contribution in [0, 0.1) is 5.82 Å². The van der Waals surface area contributed by atoms with Crippen LogP contribution in [0.3, 0.4) is 0 Å². The van der Waals surface area contributed by atoms with Gasteiger partial charge in [0.1, 0.15) is 5.82 Å². The van der Waals surface area contributed by atoms with Crippen LogP contribution >= 0.6 is 11.6 Å². The number of hydrogen-bond acceptors (Lipinski definition) is 5. The van der Waals surface area contributed by atoms with Gasteiger partial charge < -0.3 is 9.47 Å². The van der Waals surface area contributed by atoms with Crippen molar-refractivity contribution < 1.29 is 22.3 Å². The zero-order valence-corrected chi connectivity index (χ0v) is 17.4. The minimum atomic E-state index is -3.65. The van der Waals surface area contributed by atoms with E-state index in [4.69, 9.17) is 21.1 Å². The van der Waals surface area contributed by atoms with Crippen LogP contribution in [0.1, 0.15) is 12.0 Å². The predicted octanol–water partition coefficient (Wildman–Crippen LogP) is 3.15. The van der Waals surface area contributed by atoms with Gasteiger partial charge in [-0.1, -0.05) is 17.7 Å². The average molecular weight is 441 g/mol. The lowest BCUT2D eigenvalue weighted by atomic mass is 10.2. The van der Waals surface area contributed by atoms with Gasteiger partial charge in [0.15, 0.2) is 11.5 Å². The molecule has 1 saturated heterocycles. The van der Waals surface area contributed by atoms with Crippen molar-refractivity contribution in [3.05, 3.63) is 52.8 Å². The van der Waals surface area contributed by atoms with Crippen LogP contribution < -0.4 is 9.47 Å². The maximum atomic E-state index is 14.0. The number of benzene rings is 2. The zero-order valence-electron chi connectivity index (χ0n) is 15.8. The Morgan fingerprint density at radius 1 is 1.00 bits per heavy atom. The van der Waals surface area contributed by atoms with E-state index >= 15 is 0 Å². The maximum Gasteiger partial charge on any atom is 0.243 e. The van der Waals surface area contributed by atoms with Crippen molar-refractivity contribution in [1.29, 1.82) is 0 Å². The molecule has 2 aromatic carbocycles. The lowest BCUT2D eigenvalue weighted by Gasteiger charge is -2.34. The number of fused-ring (bicyclic) bond motifs is 1. The van der Waals surface area contributed by atoms with E-state index in [-0.39, 0.29) is 10.7 Å². The normalized spacial score (nSPS) is 18.4. The SMILES string of the molecule is O=S(=O)(c1ccc2c(c1)OCCCO2)N1CCN(Cc2c(F)cccc2Cl)CC1. The minimum Gasteiger partial charge on any atom is -0.490 e. The van der Waals surface area contributed by atoms with Crippen molar-refractivity contribution in [1.82, 2.24) is 9.21 Å². The Morgan fingerprint density at radius 3 is 2.45 bits per heavy atom. The van der Waals surface area contributed by atoms with Gasteiger partial charge in [0.25, 0.3) is 0 Å². The number of nitrogens with zero attached hydrogens (tertiary/aromatic N) is 2. The van der Waals surface area contributed by atoms with Crippen LogP contribution in [0.15, 0.2) is 41.3 Å². The van der Waals surface area contributed by atoms with E-state index in [0.29, 0.717) is 68.0 Å². The smallest absolute Gasteiger partial charge is 0.243 e. The summed E-state index contributed by atoms with van der Waals surface area (Å²) in [6.45, 7) is 3.03. The van der Waals surface area contributed by atoms with Crippen LogP contribution in [0.25, 0.3) is 0 Å². The van der Waals surface area contributed by atoms with E-state index in [0.717, 1.165) is 6.42 Å². The number of halogens is 2. The topological polar surface area (TPSA) is 59.1 Å². The van der Waals surface area contributed by atoms with Gasteiger partial charge in [-0.25, -0.2) is 12.8 Å². The number of rotatable bonds is 4. The molecule has 0 aromatic heterocycles. The molecule has 0 saturated carbocycles. The Kier molecular flexibility index (Phi) is 5.96. The van der Waals surface area contributed by atoms with Crippen molar-refractivity contribution in [2.24, 2.45) is 0 Å². The molecule has 0 radical (unpaired) electrons. The van der Waals surface area contributed by atoms with E-state index in [1.165, 1.54) is 16.4 Å². The molecule has 0 aliphatic carbocycles. The summed E-state index contributed by atoms with van der Waals surface area (Å²) < 4.78 is 52.8. The van der Waals surface area contributed by atoms with E-state index in [9.17, 15) is 12.8 Å². The summed E-state index contributed by atoms with van der Waals surface area (Å²) in [6.07, 6.45) is 0.755. The molecule has 1 fully saturated rings. The Balaban J connectivity index is 1.44. The average Bonchev–Trinajstić information content (AvgIpc) is 2.96. The molecule has 0 unspecified atom stereocenters. The summed E-state index contributed by atoms with van der Waals surface area (Å²) >= 11 is 6.10. The summed E-state index contributed by atoms with van der Waals surface area (Å²) in [7, 11) is -3.65. The van der Waals surface area contributed by atoms with Crippen LogP contribution in [0.4, 0.5) is 4.39 Å². The predicted molar refractivity (Wildman–Crippen MR) is 107 cm³/mol. The van der Waals surface area contributed by atoms with Gasteiger partial charge in [-0.2, -0.15) is 4.31 Å². The fraction of sp³-hybridized carbons (Fsp3) is 0.400. The van der Waals surface area contributed by atoms with Crippen LogP contribution in [0.2, 0.25) is 5.02 Å². The molecule has 29 heavy (non-hydrogen) atoms.